The van der Waals surface area contributed by atoms with Crippen molar-refractivity contribution in [3.63, 3.8) is 0 Å². The number of nitrogens with zero attached hydrogens (tertiary/aromatic N) is 3. The molecule has 0 saturated carbocycles. The molecule has 0 saturated heterocycles. The van der Waals surface area contributed by atoms with Crippen LogP contribution < -0.4 is 5.32 Å². The molecule has 2 rings (SSSR count). The normalized spacial score (nSPS) is 12.4. The Kier molecular flexibility index (Phi) is 5.20. The van der Waals surface area contributed by atoms with Gasteiger partial charge < -0.3 is 10.1 Å². The maximum Gasteiger partial charge on any atom is 0.262 e. The predicted molar refractivity (Wildman–Crippen MR) is 83.5 cm³/mol. The van der Waals surface area contributed by atoms with Crippen molar-refractivity contribution in [3.05, 3.63) is 11.6 Å². The van der Waals surface area contributed by atoms with Gasteiger partial charge >= 0.3 is 0 Å². The molecule has 0 radical (unpaired) electrons. The summed E-state index contributed by atoms with van der Waals surface area (Å²) in [5.74, 6) is 0.396. The molecule has 9 heteroatoms. The first-order valence-corrected chi connectivity index (χ1v) is 9.07. The first-order valence-electron chi connectivity index (χ1n) is 6.75. The second-order valence-electron chi connectivity index (χ2n) is 4.37. The lowest BCUT2D eigenvalue weighted by atomic mass is 10.6. The standard InChI is InChI=1S/C12H20N4O3S2/c1-4-13-10-11(16-7-9-20-12(16)14-10)21(17,18)15(3)6-8-19-5-2/h7,9,13H,4-6,8H2,1-3H3. The Balaban J connectivity index is 2.38. The van der Waals surface area contributed by atoms with Crippen LogP contribution in [-0.4, -0.2) is 55.5 Å². The van der Waals surface area contributed by atoms with Crippen molar-refractivity contribution in [3.8, 4) is 0 Å². The highest BCUT2D eigenvalue weighted by molar-refractivity contribution is 7.89. The zero-order chi connectivity index (χ0) is 15.5. The number of imidazole rings is 1. The van der Waals surface area contributed by atoms with E-state index in [1.165, 1.54) is 15.6 Å². The molecule has 1 N–H and O–H groups in total. The van der Waals surface area contributed by atoms with Crippen molar-refractivity contribution >= 4 is 32.1 Å². The molecular formula is C12H20N4O3S2. The lowest BCUT2D eigenvalue weighted by Gasteiger charge is -2.17. The highest BCUT2D eigenvalue weighted by Gasteiger charge is 2.29. The van der Waals surface area contributed by atoms with E-state index in [0.29, 0.717) is 37.1 Å². The summed E-state index contributed by atoms with van der Waals surface area (Å²) in [5.41, 5.74) is 0. The van der Waals surface area contributed by atoms with Crippen LogP contribution in [0.5, 0.6) is 0 Å². The Morgan fingerprint density at radius 3 is 2.90 bits per heavy atom. The molecule has 118 valence electrons. The SMILES string of the molecule is CCNc1nc2sccn2c1S(=O)(=O)N(C)CCOCC. The van der Waals surface area contributed by atoms with Crippen LogP contribution in [0.2, 0.25) is 0 Å². The van der Waals surface area contributed by atoms with Gasteiger partial charge in [0.1, 0.15) is 0 Å². The van der Waals surface area contributed by atoms with Gasteiger partial charge in [0.2, 0.25) is 0 Å². The van der Waals surface area contributed by atoms with E-state index in [1.54, 1.807) is 17.6 Å². The largest absolute Gasteiger partial charge is 0.380 e. The Hall–Kier alpha value is -1.16. The quantitative estimate of drug-likeness (QED) is 0.741. The molecule has 2 heterocycles. The predicted octanol–water partition coefficient (Wildman–Crippen LogP) is 1.48. The molecule has 0 unspecified atom stereocenters. The Morgan fingerprint density at radius 2 is 2.24 bits per heavy atom. The van der Waals surface area contributed by atoms with Gasteiger partial charge in [-0.25, -0.2) is 13.4 Å². The topological polar surface area (TPSA) is 75.9 Å². The van der Waals surface area contributed by atoms with E-state index in [2.05, 4.69) is 10.3 Å². The molecule has 7 nitrogen and oxygen atoms in total. The summed E-state index contributed by atoms with van der Waals surface area (Å²) in [6.45, 7) is 5.63. The van der Waals surface area contributed by atoms with Crippen molar-refractivity contribution in [1.29, 1.82) is 0 Å². The number of ether oxygens (including phenoxy) is 1. The highest BCUT2D eigenvalue weighted by Crippen LogP contribution is 2.27. The maximum absolute atomic E-state index is 12.8. The van der Waals surface area contributed by atoms with E-state index in [9.17, 15) is 8.42 Å². The van der Waals surface area contributed by atoms with E-state index in [4.69, 9.17) is 4.74 Å². The average molecular weight is 332 g/mol. The van der Waals surface area contributed by atoms with E-state index >= 15 is 0 Å². The van der Waals surface area contributed by atoms with Gasteiger partial charge in [-0.1, -0.05) is 0 Å². The van der Waals surface area contributed by atoms with Crippen LogP contribution in [0.4, 0.5) is 5.82 Å². The van der Waals surface area contributed by atoms with Crippen LogP contribution in [0.1, 0.15) is 13.8 Å². The first-order chi connectivity index (χ1) is 10.0. The summed E-state index contributed by atoms with van der Waals surface area (Å²) in [7, 11) is -2.08. The number of hydrogen-bond acceptors (Lipinski definition) is 6. The van der Waals surface area contributed by atoms with Crippen molar-refractivity contribution in [2.24, 2.45) is 0 Å². The molecule has 0 atom stereocenters. The monoisotopic (exact) mass is 332 g/mol. The number of sulfonamides is 1. The van der Waals surface area contributed by atoms with E-state index < -0.39 is 10.0 Å². The molecule has 0 amide bonds. The molecular weight excluding hydrogens is 312 g/mol. The zero-order valence-corrected chi connectivity index (χ0v) is 14.0. The van der Waals surface area contributed by atoms with Crippen molar-refractivity contribution in [2.75, 3.05) is 38.7 Å². The third-order valence-corrected chi connectivity index (χ3v) is 5.61. The number of fused-ring (bicyclic) bond motifs is 1. The second-order valence-corrected chi connectivity index (χ2v) is 7.21. The van der Waals surface area contributed by atoms with Crippen LogP contribution in [0.3, 0.4) is 0 Å². The number of rotatable bonds is 8. The van der Waals surface area contributed by atoms with Gasteiger partial charge in [0, 0.05) is 38.3 Å². The van der Waals surface area contributed by atoms with Crippen LogP contribution in [0.15, 0.2) is 16.6 Å². The number of likely N-dealkylation sites (N-methyl/N-ethyl adjacent to an activating group) is 1. The van der Waals surface area contributed by atoms with E-state index in [0.717, 1.165) is 0 Å². The lowest BCUT2D eigenvalue weighted by Crippen LogP contribution is -2.31. The minimum Gasteiger partial charge on any atom is -0.380 e. The Bertz CT molecular complexity index is 692. The van der Waals surface area contributed by atoms with E-state index in [1.807, 2.05) is 19.2 Å². The molecule has 0 aliphatic heterocycles. The van der Waals surface area contributed by atoms with Gasteiger partial charge in [-0.3, -0.25) is 4.40 Å². The zero-order valence-electron chi connectivity index (χ0n) is 12.4. The number of aromatic nitrogens is 2. The molecule has 0 aromatic carbocycles. The minimum atomic E-state index is -3.63. The second kappa shape index (κ2) is 6.73. The minimum absolute atomic E-state index is 0.180. The molecule has 0 bridgehead atoms. The van der Waals surface area contributed by atoms with Gasteiger partial charge in [0.05, 0.1) is 6.61 Å². The molecule has 0 aliphatic carbocycles. The maximum atomic E-state index is 12.8. The Labute approximate surface area is 128 Å². The summed E-state index contributed by atoms with van der Waals surface area (Å²) < 4.78 is 33.7. The average Bonchev–Trinajstić information content (AvgIpc) is 2.99. The third kappa shape index (κ3) is 3.20. The van der Waals surface area contributed by atoms with Crippen LogP contribution in [0, 0.1) is 0 Å². The molecule has 0 spiro atoms. The Morgan fingerprint density at radius 1 is 1.48 bits per heavy atom. The van der Waals surface area contributed by atoms with Gasteiger partial charge in [0.25, 0.3) is 10.0 Å². The van der Waals surface area contributed by atoms with Crippen molar-refractivity contribution < 1.29 is 13.2 Å². The van der Waals surface area contributed by atoms with Crippen LogP contribution in [-0.2, 0) is 14.8 Å². The fourth-order valence-electron chi connectivity index (χ4n) is 1.90. The number of nitrogens with one attached hydrogen (secondary N) is 1. The summed E-state index contributed by atoms with van der Waals surface area (Å²) in [6.07, 6.45) is 1.72. The molecule has 2 aromatic heterocycles. The summed E-state index contributed by atoms with van der Waals surface area (Å²) in [5, 5.41) is 5.01. The van der Waals surface area contributed by atoms with Gasteiger partial charge in [-0.15, -0.1) is 11.3 Å². The molecule has 2 aromatic rings. The summed E-state index contributed by atoms with van der Waals surface area (Å²) in [6, 6.07) is 0. The van der Waals surface area contributed by atoms with Crippen molar-refractivity contribution in [1.82, 2.24) is 13.7 Å². The first kappa shape index (κ1) is 16.2. The lowest BCUT2D eigenvalue weighted by molar-refractivity contribution is 0.138. The fraction of sp³-hybridized carbons (Fsp3) is 0.583. The number of anilines is 1. The summed E-state index contributed by atoms with van der Waals surface area (Å²) in [4.78, 5) is 5.00. The fourth-order valence-corrected chi connectivity index (χ4v) is 4.04. The van der Waals surface area contributed by atoms with Gasteiger partial charge in [-0.05, 0) is 13.8 Å². The number of thiazole rings is 1. The summed E-state index contributed by atoms with van der Waals surface area (Å²) >= 11 is 1.40. The van der Waals surface area contributed by atoms with Crippen molar-refractivity contribution in [2.45, 2.75) is 18.9 Å². The highest BCUT2D eigenvalue weighted by atomic mass is 32.2. The van der Waals surface area contributed by atoms with Crippen LogP contribution >= 0.6 is 11.3 Å². The molecule has 0 fully saturated rings. The van der Waals surface area contributed by atoms with Gasteiger partial charge in [-0.2, -0.15) is 4.31 Å². The third-order valence-electron chi connectivity index (χ3n) is 2.97. The van der Waals surface area contributed by atoms with Crippen LogP contribution in [0.25, 0.3) is 4.96 Å². The smallest absolute Gasteiger partial charge is 0.262 e. The molecule has 21 heavy (non-hydrogen) atoms. The molecule has 0 aliphatic rings. The number of hydrogen-bond donors (Lipinski definition) is 1. The van der Waals surface area contributed by atoms with E-state index in [-0.39, 0.29) is 5.03 Å². The van der Waals surface area contributed by atoms with Gasteiger partial charge in [0.15, 0.2) is 15.8 Å².